The van der Waals surface area contributed by atoms with Gasteiger partial charge in [0.25, 0.3) is 5.91 Å². The number of thiophene rings is 1. The zero-order chi connectivity index (χ0) is 21.5. The van der Waals surface area contributed by atoms with E-state index in [1.807, 2.05) is 6.07 Å². The molecule has 1 amide bonds. The van der Waals surface area contributed by atoms with Crippen molar-refractivity contribution in [2.45, 2.75) is 25.8 Å². The Balaban J connectivity index is 1.42. The third-order valence-electron chi connectivity index (χ3n) is 5.12. The van der Waals surface area contributed by atoms with E-state index < -0.39 is 5.91 Å². The van der Waals surface area contributed by atoms with Crippen molar-refractivity contribution in [1.29, 1.82) is 0 Å². The molecule has 0 saturated heterocycles. The predicted molar refractivity (Wildman–Crippen MR) is 112 cm³/mol. The number of aryl methyl sites for hydroxylation is 1. The maximum absolute atomic E-state index is 13.4. The van der Waals surface area contributed by atoms with Crippen LogP contribution in [0.2, 0.25) is 0 Å². The van der Waals surface area contributed by atoms with Gasteiger partial charge in [0.15, 0.2) is 11.0 Å². The Hall–Kier alpha value is -3.60. The number of pyridine rings is 1. The molecule has 158 valence electrons. The van der Waals surface area contributed by atoms with E-state index in [1.54, 1.807) is 18.2 Å². The smallest absolute Gasteiger partial charge is 0.263 e. The molecule has 0 bridgehead atoms. The number of carbonyl (C=O) groups is 1. The maximum atomic E-state index is 13.4. The van der Waals surface area contributed by atoms with Gasteiger partial charge in [-0.05, 0) is 37.6 Å². The van der Waals surface area contributed by atoms with E-state index in [1.165, 1.54) is 24.1 Å². The summed E-state index contributed by atoms with van der Waals surface area (Å²) in [6, 6.07) is 8.55. The average Bonchev–Trinajstić information content (AvgIpc) is 3.53. The molecule has 1 aliphatic rings. The minimum atomic E-state index is -0.440. The minimum Gasteiger partial charge on any atom is -0.479 e. The average molecular weight is 439 g/mol. The number of anilines is 1. The van der Waals surface area contributed by atoms with Gasteiger partial charge < -0.3 is 14.6 Å². The highest BCUT2D eigenvalue weighted by molar-refractivity contribution is 7.12. The van der Waals surface area contributed by atoms with Gasteiger partial charge in [-0.25, -0.2) is 9.67 Å². The minimum absolute atomic E-state index is 0.131. The van der Waals surface area contributed by atoms with E-state index in [0.717, 1.165) is 30.0 Å². The summed E-state index contributed by atoms with van der Waals surface area (Å²) in [6.45, 7) is 2.12. The van der Waals surface area contributed by atoms with Crippen molar-refractivity contribution in [2.24, 2.45) is 0 Å². The lowest BCUT2D eigenvalue weighted by atomic mass is 10.2. The lowest BCUT2D eigenvalue weighted by molar-refractivity contribution is 0.102. The SMILES string of the molecule is COc1nn(-c2ccc(F)s2)cc1C(=O)Nc1cccc(-c2nnc3n2[C@@H](C)CC3)n1. The molecule has 0 radical (unpaired) electrons. The van der Waals surface area contributed by atoms with Crippen molar-refractivity contribution in [3.05, 3.63) is 53.0 Å². The fourth-order valence-corrected chi connectivity index (χ4v) is 4.28. The van der Waals surface area contributed by atoms with Gasteiger partial charge in [0, 0.05) is 18.7 Å². The van der Waals surface area contributed by atoms with Crippen LogP contribution in [0, 0.1) is 5.13 Å². The van der Waals surface area contributed by atoms with Crippen molar-refractivity contribution >= 4 is 23.1 Å². The molecule has 0 aliphatic carbocycles. The zero-order valence-corrected chi connectivity index (χ0v) is 17.6. The van der Waals surface area contributed by atoms with Gasteiger partial charge in [-0.3, -0.25) is 4.79 Å². The number of nitrogens with one attached hydrogen (secondary N) is 1. The highest BCUT2D eigenvalue weighted by Gasteiger charge is 2.25. The molecule has 31 heavy (non-hydrogen) atoms. The Morgan fingerprint density at radius 2 is 2.16 bits per heavy atom. The highest BCUT2D eigenvalue weighted by Crippen LogP contribution is 2.30. The molecule has 1 atom stereocenters. The number of methoxy groups -OCH3 is 1. The molecule has 0 saturated carbocycles. The Morgan fingerprint density at radius 3 is 2.94 bits per heavy atom. The molecule has 4 aromatic rings. The first kappa shape index (κ1) is 19.4. The van der Waals surface area contributed by atoms with Crippen molar-refractivity contribution in [3.63, 3.8) is 0 Å². The van der Waals surface area contributed by atoms with Crippen molar-refractivity contribution in [3.8, 4) is 22.4 Å². The Bertz CT molecular complexity index is 1280. The summed E-state index contributed by atoms with van der Waals surface area (Å²) in [5.41, 5.74) is 0.836. The number of carbonyl (C=O) groups excluding carboxylic acids is 1. The van der Waals surface area contributed by atoms with Crippen LogP contribution in [0.1, 0.15) is 35.6 Å². The quantitative estimate of drug-likeness (QED) is 0.511. The standard InChI is InChI=1S/C20H18FN7O2S/c1-11-6-8-16-24-25-18(28(11)16)13-4-3-5-15(22-13)23-19(29)12-10-27(26-20(12)30-2)17-9-7-14(21)31-17/h3-5,7,9-11H,6,8H2,1-2H3,(H,22,23,29)/t11-/m0/s1. The van der Waals surface area contributed by atoms with Gasteiger partial charge in [0.1, 0.15) is 27.9 Å². The second-order valence-electron chi connectivity index (χ2n) is 7.13. The molecule has 11 heteroatoms. The Labute approximate surface area is 180 Å². The van der Waals surface area contributed by atoms with Crippen LogP contribution in [-0.2, 0) is 6.42 Å². The molecule has 5 heterocycles. The number of aromatic nitrogens is 6. The maximum Gasteiger partial charge on any atom is 0.263 e. The molecule has 1 N–H and O–H groups in total. The van der Waals surface area contributed by atoms with E-state index in [2.05, 4.69) is 37.1 Å². The lowest BCUT2D eigenvalue weighted by Crippen LogP contribution is -2.13. The van der Waals surface area contributed by atoms with Gasteiger partial charge >= 0.3 is 0 Å². The summed E-state index contributed by atoms with van der Waals surface area (Å²) in [6.07, 6.45) is 3.41. The van der Waals surface area contributed by atoms with Gasteiger partial charge in [-0.1, -0.05) is 17.4 Å². The number of hydrogen-bond acceptors (Lipinski definition) is 7. The summed E-state index contributed by atoms with van der Waals surface area (Å²) in [4.78, 5) is 17.4. The number of hydrogen-bond donors (Lipinski definition) is 1. The normalized spacial score (nSPS) is 15.1. The van der Waals surface area contributed by atoms with Crippen LogP contribution in [0.5, 0.6) is 5.88 Å². The second-order valence-corrected chi connectivity index (χ2v) is 8.15. The number of nitrogens with zero attached hydrogens (tertiary/aromatic N) is 6. The number of rotatable bonds is 5. The van der Waals surface area contributed by atoms with Crippen molar-refractivity contribution in [2.75, 3.05) is 12.4 Å². The molecule has 0 fully saturated rings. The molecule has 1 aliphatic heterocycles. The fraction of sp³-hybridized carbons (Fsp3) is 0.250. The van der Waals surface area contributed by atoms with Gasteiger partial charge in [-0.2, -0.15) is 4.39 Å². The van der Waals surface area contributed by atoms with Crippen LogP contribution in [0.3, 0.4) is 0 Å². The molecule has 4 aromatic heterocycles. The van der Waals surface area contributed by atoms with Gasteiger partial charge in [0.05, 0.1) is 7.11 Å². The van der Waals surface area contributed by atoms with E-state index in [4.69, 9.17) is 4.74 Å². The summed E-state index contributed by atoms with van der Waals surface area (Å²) in [5, 5.41) is 15.7. The summed E-state index contributed by atoms with van der Waals surface area (Å²) >= 11 is 0.918. The molecule has 0 spiro atoms. The lowest BCUT2D eigenvalue weighted by Gasteiger charge is -2.10. The van der Waals surface area contributed by atoms with Gasteiger partial charge in [-0.15, -0.1) is 15.3 Å². The fourth-order valence-electron chi connectivity index (χ4n) is 3.62. The first-order valence-corrected chi connectivity index (χ1v) is 10.5. The van der Waals surface area contributed by atoms with Crippen LogP contribution in [0.15, 0.2) is 36.5 Å². The molecular formula is C20H18FN7O2S. The van der Waals surface area contributed by atoms with Crippen LogP contribution < -0.4 is 10.1 Å². The largest absolute Gasteiger partial charge is 0.479 e. The number of amides is 1. The van der Waals surface area contributed by atoms with E-state index in [0.29, 0.717) is 28.4 Å². The predicted octanol–water partition coefficient (Wildman–Crippen LogP) is 3.49. The summed E-state index contributed by atoms with van der Waals surface area (Å²) in [5.74, 6) is 1.68. The number of ether oxygens (including phenoxy) is 1. The summed E-state index contributed by atoms with van der Waals surface area (Å²) < 4.78 is 22.1. The molecule has 5 rings (SSSR count). The first-order chi connectivity index (χ1) is 15.0. The van der Waals surface area contributed by atoms with Crippen molar-refractivity contribution < 1.29 is 13.9 Å². The second kappa shape index (κ2) is 7.58. The Morgan fingerprint density at radius 1 is 1.29 bits per heavy atom. The van der Waals surface area contributed by atoms with E-state index in [-0.39, 0.29) is 16.6 Å². The van der Waals surface area contributed by atoms with Crippen LogP contribution in [-0.4, -0.2) is 42.5 Å². The summed E-state index contributed by atoms with van der Waals surface area (Å²) in [7, 11) is 1.42. The molecule has 9 nitrogen and oxygen atoms in total. The Kier molecular flexibility index (Phi) is 4.74. The molecular weight excluding hydrogens is 421 g/mol. The monoisotopic (exact) mass is 439 g/mol. The number of fused-ring (bicyclic) bond motifs is 1. The first-order valence-electron chi connectivity index (χ1n) is 9.65. The van der Waals surface area contributed by atoms with Crippen LogP contribution >= 0.6 is 11.3 Å². The van der Waals surface area contributed by atoms with E-state index >= 15 is 0 Å². The van der Waals surface area contributed by atoms with Crippen LogP contribution in [0.25, 0.3) is 16.5 Å². The molecule has 0 unspecified atom stereocenters. The van der Waals surface area contributed by atoms with Gasteiger partial charge in [0.2, 0.25) is 5.88 Å². The third-order valence-corrected chi connectivity index (χ3v) is 5.98. The zero-order valence-electron chi connectivity index (χ0n) is 16.7. The highest BCUT2D eigenvalue weighted by atomic mass is 32.1. The van der Waals surface area contributed by atoms with Crippen LogP contribution in [0.4, 0.5) is 10.2 Å². The molecule has 0 aromatic carbocycles. The third kappa shape index (κ3) is 3.46. The number of halogens is 1. The van der Waals surface area contributed by atoms with E-state index in [9.17, 15) is 9.18 Å². The van der Waals surface area contributed by atoms with Crippen molar-refractivity contribution in [1.82, 2.24) is 29.5 Å². The topological polar surface area (TPSA) is 99.8 Å².